The van der Waals surface area contributed by atoms with Gasteiger partial charge in [-0.3, -0.25) is 0 Å². The third kappa shape index (κ3) is 2.71. The van der Waals surface area contributed by atoms with E-state index >= 15 is 0 Å². The maximum absolute atomic E-state index is 8.92. The molecular weight excluding hydrogens is 238 g/mol. The van der Waals surface area contributed by atoms with Gasteiger partial charge in [-0.05, 0) is 43.2 Å². The Bertz CT molecular complexity index is 644. The molecule has 2 rings (SSSR count). The van der Waals surface area contributed by atoms with Gasteiger partial charge in [0.1, 0.15) is 11.8 Å². The molecule has 0 saturated heterocycles. The van der Waals surface area contributed by atoms with Gasteiger partial charge in [-0.25, -0.2) is 9.97 Å². The van der Waals surface area contributed by atoms with Gasteiger partial charge in [0, 0.05) is 11.3 Å². The van der Waals surface area contributed by atoms with E-state index in [9.17, 15) is 0 Å². The molecule has 0 radical (unpaired) electrons. The highest BCUT2D eigenvalue weighted by Crippen LogP contribution is 2.26. The average molecular weight is 253 g/mol. The summed E-state index contributed by atoms with van der Waals surface area (Å²) in [6.07, 6.45) is 0.881. The molecule has 4 heteroatoms. The number of ether oxygens (including phenoxy) is 1. The van der Waals surface area contributed by atoms with Crippen molar-refractivity contribution in [2.45, 2.75) is 20.3 Å². The first-order chi connectivity index (χ1) is 9.17. The summed E-state index contributed by atoms with van der Waals surface area (Å²) in [5.41, 5.74) is 3.64. The van der Waals surface area contributed by atoms with E-state index in [1.54, 1.807) is 7.11 Å². The van der Waals surface area contributed by atoms with Crippen LogP contribution in [0.4, 0.5) is 0 Å². The smallest absolute Gasteiger partial charge is 0.232 e. The SMILES string of the molecule is CCc1cc(-c2cc(C)nc(C#N)n2)ccc1OC. The van der Waals surface area contributed by atoms with Crippen LogP contribution in [0.25, 0.3) is 11.3 Å². The Morgan fingerprint density at radius 1 is 1.26 bits per heavy atom. The molecule has 0 saturated carbocycles. The van der Waals surface area contributed by atoms with E-state index < -0.39 is 0 Å². The molecule has 1 aromatic heterocycles. The van der Waals surface area contributed by atoms with E-state index in [0.29, 0.717) is 0 Å². The van der Waals surface area contributed by atoms with Gasteiger partial charge in [-0.2, -0.15) is 5.26 Å². The zero-order valence-electron chi connectivity index (χ0n) is 11.3. The fourth-order valence-electron chi connectivity index (χ4n) is 1.98. The van der Waals surface area contributed by atoms with Gasteiger partial charge in [0.2, 0.25) is 5.82 Å². The lowest BCUT2D eigenvalue weighted by Crippen LogP contribution is -1.96. The van der Waals surface area contributed by atoms with E-state index in [1.807, 2.05) is 37.3 Å². The van der Waals surface area contributed by atoms with E-state index in [4.69, 9.17) is 10.00 Å². The first-order valence-electron chi connectivity index (χ1n) is 6.11. The number of rotatable bonds is 3. The van der Waals surface area contributed by atoms with Crippen LogP contribution in [0.1, 0.15) is 24.0 Å². The molecule has 0 aliphatic carbocycles. The standard InChI is InChI=1S/C15H15N3O/c1-4-11-8-12(5-6-14(11)19-3)13-7-10(2)17-15(9-16)18-13/h5-8H,4H2,1-3H3. The fourth-order valence-corrected chi connectivity index (χ4v) is 1.98. The largest absolute Gasteiger partial charge is 0.496 e. The van der Waals surface area contributed by atoms with E-state index in [2.05, 4.69) is 16.9 Å². The summed E-state index contributed by atoms with van der Waals surface area (Å²) in [7, 11) is 1.66. The predicted molar refractivity (Wildman–Crippen MR) is 72.9 cm³/mol. The van der Waals surface area contributed by atoms with Gasteiger partial charge in [0.25, 0.3) is 0 Å². The van der Waals surface area contributed by atoms with Crippen molar-refractivity contribution in [3.63, 3.8) is 0 Å². The molecule has 0 amide bonds. The molecule has 96 valence electrons. The van der Waals surface area contributed by atoms with Crippen LogP contribution in [0.5, 0.6) is 5.75 Å². The number of nitrogens with zero attached hydrogens (tertiary/aromatic N) is 3. The lowest BCUT2D eigenvalue weighted by molar-refractivity contribution is 0.410. The van der Waals surface area contributed by atoms with Crippen molar-refractivity contribution in [2.24, 2.45) is 0 Å². The van der Waals surface area contributed by atoms with Crippen LogP contribution >= 0.6 is 0 Å². The van der Waals surface area contributed by atoms with Crippen molar-refractivity contribution in [1.29, 1.82) is 5.26 Å². The topological polar surface area (TPSA) is 58.8 Å². The highest BCUT2D eigenvalue weighted by Gasteiger charge is 2.07. The van der Waals surface area contributed by atoms with Crippen LogP contribution < -0.4 is 4.74 Å². The first-order valence-corrected chi connectivity index (χ1v) is 6.11. The number of nitriles is 1. The van der Waals surface area contributed by atoms with E-state index in [-0.39, 0.29) is 5.82 Å². The molecule has 0 bridgehead atoms. The summed E-state index contributed by atoms with van der Waals surface area (Å²) in [5.74, 6) is 1.07. The molecule has 0 unspecified atom stereocenters. The molecule has 1 aromatic carbocycles. The molecule has 19 heavy (non-hydrogen) atoms. The summed E-state index contributed by atoms with van der Waals surface area (Å²) >= 11 is 0. The second kappa shape index (κ2) is 5.49. The Morgan fingerprint density at radius 3 is 2.68 bits per heavy atom. The highest BCUT2D eigenvalue weighted by molar-refractivity contribution is 5.62. The lowest BCUT2D eigenvalue weighted by Gasteiger charge is -2.09. The van der Waals surface area contributed by atoms with Crippen molar-refractivity contribution in [1.82, 2.24) is 9.97 Å². The Hall–Kier alpha value is -2.41. The predicted octanol–water partition coefficient (Wildman–Crippen LogP) is 2.89. The van der Waals surface area contributed by atoms with Gasteiger partial charge in [0.05, 0.1) is 12.8 Å². The Morgan fingerprint density at radius 2 is 2.05 bits per heavy atom. The zero-order chi connectivity index (χ0) is 13.8. The Balaban J connectivity index is 2.53. The first kappa shape index (κ1) is 13.0. The summed E-state index contributed by atoms with van der Waals surface area (Å²) < 4.78 is 5.31. The maximum atomic E-state index is 8.92. The Labute approximate surface area is 112 Å². The Kier molecular flexibility index (Phi) is 3.76. The summed E-state index contributed by atoms with van der Waals surface area (Å²) in [5, 5.41) is 8.92. The summed E-state index contributed by atoms with van der Waals surface area (Å²) in [6, 6.07) is 9.78. The number of benzene rings is 1. The van der Waals surface area contributed by atoms with Gasteiger partial charge in [-0.1, -0.05) is 6.92 Å². The fraction of sp³-hybridized carbons (Fsp3) is 0.267. The summed E-state index contributed by atoms with van der Waals surface area (Å²) in [4.78, 5) is 8.30. The monoisotopic (exact) mass is 253 g/mol. The van der Waals surface area contributed by atoms with Gasteiger partial charge < -0.3 is 4.74 Å². The number of aromatic nitrogens is 2. The van der Waals surface area contributed by atoms with Crippen molar-refractivity contribution < 1.29 is 4.74 Å². The van der Waals surface area contributed by atoms with E-state index in [0.717, 1.165) is 34.7 Å². The minimum atomic E-state index is 0.198. The second-order valence-electron chi connectivity index (χ2n) is 4.21. The zero-order valence-corrected chi connectivity index (χ0v) is 11.3. The minimum absolute atomic E-state index is 0.198. The summed E-state index contributed by atoms with van der Waals surface area (Å²) in [6.45, 7) is 3.93. The molecule has 4 nitrogen and oxygen atoms in total. The normalized spacial score (nSPS) is 10.0. The van der Waals surface area contributed by atoms with Gasteiger partial charge in [0.15, 0.2) is 0 Å². The molecule has 1 heterocycles. The quantitative estimate of drug-likeness (QED) is 0.843. The van der Waals surface area contributed by atoms with Crippen molar-refractivity contribution in [2.75, 3.05) is 7.11 Å². The van der Waals surface area contributed by atoms with Crippen molar-refractivity contribution in [3.8, 4) is 23.1 Å². The third-order valence-electron chi connectivity index (χ3n) is 2.91. The maximum Gasteiger partial charge on any atom is 0.232 e. The molecule has 0 spiro atoms. The number of methoxy groups -OCH3 is 1. The number of hydrogen-bond donors (Lipinski definition) is 0. The lowest BCUT2D eigenvalue weighted by atomic mass is 10.0. The average Bonchev–Trinajstić information content (AvgIpc) is 2.45. The minimum Gasteiger partial charge on any atom is -0.496 e. The van der Waals surface area contributed by atoms with Crippen LogP contribution in [0, 0.1) is 18.3 Å². The van der Waals surface area contributed by atoms with Crippen LogP contribution in [-0.2, 0) is 6.42 Å². The van der Waals surface area contributed by atoms with Crippen LogP contribution in [-0.4, -0.2) is 17.1 Å². The van der Waals surface area contributed by atoms with Crippen molar-refractivity contribution >= 4 is 0 Å². The molecule has 0 atom stereocenters. The molecule has 0 aliphatic heterocycles. The van der Waals surface area contributed by atoms with E-state index in [1.165, 1.54) is 0 Å². The van der Waals surface area contributed by atoms with Gasteiger partial charge >= 0.3 is 0 Å². The highest BCUT2D eigenvalue weighted by atomic mass is 16.5. The third-order valence-corrected chi connectivity index (χ3v) is 2.91. The molecule has 2 aromatic rings. The molecule has 0 aliphatic rings. The van der Waals surface area contributed by atoms with Crippen LogP contribution in [0.3, 0.4) is 0 Å². The van der Waals surface area contributed by atoms with Crippen molar-refractivity contribution in [3.05, 3.63) is 41.3 Å². The second-order valence-corrected chi connectivity index (χ2v) is 4.21. The molecule has 0 N–H and O–H groups in total. The number of aryl methyl sites for hydroxylation is 2. The van der Waals surface area contributed by atoms with Crippen LogP contribution in [0.2, 0.25) is 0 Å². The van der Waals surface area contributed by atoms with Crippen LogP contribution in [0.15, 0.2) is 24.3 Å². The molecule has 0 fully saturated rings. The molecular formula is C15H15N3O. The number of hydrogen-bond acceptors (Lipinski definition) is 4. The van der Waals surface area contributed by atoms with Gasteiger partial charge in [-0.15, -0.1) is 0 Å².